The Labute approximate surface area is 78.7 Å². The smallest absolute Gasteiger partial charge is 0.0512 e. The Morgan fingerprint density at radius 2 is 2.46 bits per heavy atom. The van der Waals surface area contributed by atoms with Crippen molar-refractivity contribution in [2.24, 2.45) is 10.7 Å². The summed E-state index contributed by atoms with van der Waals surface area (Å²) >= 11 is 0. The second-order valence-electron chi connectivity index (χ2n) is 2.76. The molecular formula is C10H15N3. The highest BCUT2D eigenvalue weighted by Crippen LogP contribution is 1.99. The lowest BCUT2D eigenvalue weighted by Gasteiger charge is -1.96. The fraction of sp³-hybridized carbons (Fsp3) is 0.400. The minimum Gasteiger partial charge on any atom is -0.329 e. The van der Waals surface area contributed by atoms with Gasteiger partial charge in [-0.05, 0) is 24.1 Å². The number of aryl methyl sites for hydroxylation is 1. The van der Waals surface area contributed by atoms with Crippen LogP contribution in [-0.4, -0.2) is 24.3 Å². The maximum atomic E-state index is 5.32. The van der Waals surface area contributed by atoms with Gasteiger partial charge in [0.15, 0.2) is 0 Å². The monoisotopic (exact) mass is 177 g/mol. The maximum Gasteiger partial charge on any atom is 0.0512 e. The molecule has 1 aromatic rings. The topological polar surface area (TPSA) is 51.3 Å². The Morgan fingerprint density at radius 3 is 3.15 bits per heavy atom. The molecule has 0 radical (unpaired) electrons. The van der Waals surface area contributed by atoms with E-state index in [9.17, 15) is 0 Å². The van der Waals surface area contributed by atoms with E-state index in [0.717, 1.165) is 17.7 Å². The van der Waals surface area contributed by atoms with Crippen molar-refractivity contribution < 1.29 is 0 Å². The molecule has 0 amide bonds. The van der Waals surface area contributed by atoms with Gasteiger partial charge in [-0.25, -0.2) is 0 Å². The largest absolute Gasteiger partial charge is 0.329 e. The van der Waals surface area contributed by atoms with E-state index >= 15 is 0 Å². The molecule has 0 bridgehead atoms. The number of pyridine rings is 1. The third-order valence-electron chi connectivity index (χ3n) is 1.70. The summed E-state index contributed by atoms with van der Waals surface area (Å²) < 4.78 is 0. The third-order valence-corrected chi connectivity index (χ3v) is 1.70. The van der Waals surface area contributed by atoms with Crippen molar-refractivity contribution in [3.8, 4) is 0 Å². The van der Waals surface area contributed by atoms with Crippen molar-refractivity contribution in [3.63, 3.8) is 0 Å². The van der Waals surface area contributed by atoms with Crippen LogP contribution in [0.25, 0.3) is 0 Å². The molecule has 0 saturated carbocycles. The van der Waals surface area contributed by atoms with Crippen LogP contribution >= 0.6 is 0 Å². The Balaban J connectivity index is 2.66. The first-order valence-corrected chi connectivity index (χ1v) is 4.51. The lowest BCUT2D eigenvalue weighted by molar-refractivity contribution is 0.979. The number of hydrogen-bond donors (Lipinski definition) is 1. The van der Waals surface area contributed by atoms with Crippen LogP contribution in [-0.2, 0) is 6.42 Å². The van der Waals surface area contributed by atoms with Crippen LogP contribution in [0.2, 0.25) is 0 Å². The van der Waals surface area contributed by atoms with Crippen molar-refractivity contribution in [2.75, 3.05) is 13.1 Å². The second kappa shape index (κ2) is 5.43. The molecule has 2 N–H and O–H groups in total. The van der Waals surface area contributed by atoms with E-state index in [-0.39, 0.29) is 0 Å². The fourth-order valence-corrected chi connectivity index (χ4v) is 1.01. The standard InChI is InChI=1S/C10H15N3/c1-2-10-7-9(3-5-13-10)8-12-6-4-11/h3,5,7-8H,2,4,6,11H2,1H3. The highest BCUT2D eigenvalue weighted by molar-refractivity contribution is 5.79. The average Bonchev–Trinajstić information content (AvgIpc) is 2.19. The van der Waals surface area contributed by atoms with E-state index in [1.165, 1.54) is 0 Å². The summed E-state index contributed by atoms with van der Waals surface area (Å²) in [4.78, 5) is 8.36. The molecule has 1 heterocycles. The van der Waals surface area contributed by atoms with Crippen molar-refractivity contribution >= 4 is 6.21 Å². The molecule has 3 heteroatoms. The van der Waals surface area contributed by atoms with Gasteiger partial charge in [-0.15, -0.1) is 0 Å². The van der Waals surface area contributed by atoms with E-state index in [1.807, 2.05) is 24.5 Å². The van der Waals surface area contributed by atoms with E-state index in [2.05, 4.69) is 16.9 Å². The van der Waals surface area contributed by atoms with Gasteiger partial charge >= 0.3 is 0 Å². The maximum absolute atomic E-state index is 5.32. The van der Waals surface area contributed by atoms with Crippen molar-refractivity contribution in [3.05, 3.63) is 29.6 Å². The van der Waals surface area contributed by atoms with Crippen molar-refractivity contribution in [1.82, 2.24) is 4.98 Å². The zero-order valence-corrected chi connectivity index (χ0v) is 7.90. The van der Waals surface area contributed by atoms with Gasteiger partial charge in [0.2, 0.25) is 0 Å². The summed E-state index contributed by atoms with van der Waals surface area (Å²) in [5, 5.41) is 0. The van der Waals surface area contributed by atoms with E-state index in [4.69, 9.17) is 5.73 Å². The lowest BCUT2D eigenvalue weighted by atomic mass is 10.2. The van der Waals surface area contributed by atoms with Gasteiger partial charge in [-0.3, -0.25) is 9.98 Å². The normalized spacial score (nSPS) is 10.9. The molecule has 0 fully saturated rings. The van der Waals surface area contributed by atoms with Gasteiger partial charge in [0, 0.05) is 24.7 Å². The number of nitrogens with two attached hydrogens (primary N) is 1. The molecule has 0 spiro atoms. The first-order valence-electron chi connectivity index (χ1n) is 4.51. The van der Waals surface area contributed by atoms with Crippen LogP contribution in [0, 0.1) is 0 Å². The molecule has 0 unspecified atom stereocenters. The minimum atomic E-state index is 0.599. The van der Waals surface area contributed by atoms with Gasteiger partial charge < -0.3 is 5.73 Å². The Kier molecular flexibility index (Phi) is 4.12. The molecule has 0 aromatic carbocycles. The summed E-state index contributed by atoms with van der Waals surface area (Å²) in [5.74, 6) is 0. The van der Waals surface area contributed by atoms with E-state index in [1.54, 1.807) is 0 Å². The summed E-state index contributed by atoms with van der Waals surface area (Å²) in [7, 11) is 0. The predicted molar refractivity (Wildman–Crippen MR) is 55.1 cm³/mol. The highest BCUT2D eigenvalue weighted by atomic mass is 14.7. The number of aromatic nitrogens is 1. The number of hydrogen-bond acceptors (Lipinski definition) is 3. The number of aliphatic imine (C=N–C) groups is 1. The highest BCUT2D eigenvalue weighted by Gasteiger charge is 1.91. The van der Waals surface area contributed by atoms with E-state index in [0.29, 0.717) is 13.1 Å². The average molecular weight is 177 g/mol. The molecule has 1 rings (SSSR count). The minimum absolute atomic E-state index is 0.599. The SMILES string of the molecule is CCc1cc(C=NCCN)ccn1. The fourth-order valence-electron chi connectivity index (χ4n) is 1.01. The van der Waals surface area contributed by atoms with Crippen LogP contribution in [0.4, 0.5) is 0 Å². The third kappa shape index (κ3) is 3.34. The first-order chi connectivity index (χ1) is 6.36. The lowest BCUT2D eigenvalue weighted by Crippen LogP contribution is -2.02. The van der Waals surface area contributed by atoms with Crippen LogP contribution in [0.1, 0.15) is 18.2 Å². The molecule has 0 aliphatic carbocycles. The van der Waals surface area contributed by atoms with Crippen molar-refractivity contribution in [2.45, 2.75) is 13.3 Å². The second-order valence-corrected chi connectivity index (χ2v) is 2.76. The summed E-state index contributed by atoms with van der Waals surface area (Å²) in [6, 6.07) is 3.99. The number of nitrogens with zero attached hydrogens (tertiary/aromatic N) is 2. The van der Waals surface area contributed by atoms with Gasteiger partial charge in [0.1, 0.15) is 0 Å². The zero-order valence-electron chi connectivity index (χ0n) is 7.90. The molecule has 0 aliphatic rings. The van der Waals surface area contributed by atoms with Crippen LogP contribution in [0.3, 0.4) is 0 Å². The van der Waals surface area contributed by atoms with Crippen LogP contribution in [0.15, 0.2) is 23.3 Å². The van der Waals surface area contributed by atoms with Crippen LogP contribution in [0.5, 0.6) is 0 Å². The molecule has 3 nitrogen and oxygen atoms in total. The zero-order chi connectivity index (χ0) is 9.52. The summed E-state index contributed by atoms with van der Waals surface area (Å²) in [5.41, 5.74) is 7.51. The molecule has 13 heavy (non-hydrogen) atoms. The summed E-state index contributed by atoms with van der Waals surface area (Å²) in [6.07, 6.45) is 4.61. The van der Waals surface area contributed by atoms with Gasteiger partial charge in [-0.2, -0.15) is 0 Å². The molecule has 70 valence electrons. The molecule has 0 aliphatic heterocycles. The van der Waals surface area contributed by atoms with Gasteiger partial charge in [-0.1, -0.05) is 6.92 Å². The Bertz CT molecular complexity index is 281. The van der Waals surface area contributed by atoms with E-state index < -0.39 is 0 Å². The van der Waals surface area contributed by atoms with Crippen molar-refractivity contribution in [1.29, 1.82) is 0 Å². The Morgan fingerprint density at radius 1 is 1.62 bits per heavy atom. The molecule has 1 aromatic heterocycles. The summed E-state index contributed by atoms with van der Waals surface area (Å²) in [6.45, 7) is 3.37. The first kappa shape index (κ1) is 9.86. The predicted octanol–water partition coefficient (Wildman–Crippen LogP) is 1.02. The van der Waals surface area contributed by atoms with Gasteiger partial charge in [0.05, 0.1) is 6.54 Å². The molecule has 0 saturated heterocycles. The quantitative estimate of drug-likeness (QED) is 0.698. The van der Waals surface area contributed by atoms with Gasteiger partial charge in [0.25, 0.3) is 0 Å². The van der Waals surface area contributed by atoms with Crippen LogP contribution < -0.4 is 5.73 Å². The number of rotatable bonds is 4. The molecule has 0 atom stereocenters. The Hall–Kier alpha value is -1.22. The molecular weight excluding hydrogens is 162 g/mol.